The number of rotatable bonds is 5. The lowest BCUT2D eigenvalue weighted by atomic mass is 9.78. The Bertz CT molecular complexity index is 884. The lowest BCUT2D eigenvalue weighted by Crippen LogP contribution is -2.35. The van der Waals surface area contributed by atoms with Crippen LogP contribution in [-0.4, -0.2) is 33.3 Å². The number of anilines is 2. The minimum absolute atomic E-state index is 0.277. The number of aromatic amines is 1. The molecule has 5 N–H and O–H groups in total. The Morgan fingerprint density at radius 1 is 1.15 bits per heavy atom. The highest BCUT2D eigenvalue weighted by atomic mass is 15.2. The molecule has 1 aliphatic rings. The average Bonchev–Trinajstić information content (AvgIpc) is 3.07. The number of H-pyrrole nitrogens is 1. The van der Waals surface area contributed by atoms with Crippen LogP contribution >= 0.6 is 0 Å². The van der Waals surface area contributed by atoms with Gasteiger partial charge in [-0.05, 0) is 18.9 Å². The second kappa shape index (κ2) is 6.76. The molecule has 1 aromatic carbocycles. The normalized spacial score (nSPS) is 19.2. The molecule has 1 aliphatic carbocycles. The van der Waals surface area contributed by atoms with Gasteiger partial charge in [0.05, 0.1) is 23.6 Å². The number of nitrogens with one attached hydrogen (secondary N) is 1. The van der Waals surface area contributed by atoms with Crippen molar-refractivity contribution >= 4 is 11.8 Å². The molecule has 134 valence electrons. The molecule has 1 saturated carbocycles. The first-order valence-corrected chi connectivity index (χ1v) is 8.79. The van der Waals surface area contributed by atoms with Gasteiger partial charge in [0, 0.05) is 30.6 Å². The zero-order valence-electron chi connectivity index (χ0n) is 14.8. The van der Waals surface area contributed by atoms with Crippen LogP contribution in [-0.2, 0) is 6.54 Å². The third kappa shape index (κ3) is 3.39. The zero-order valence-corrected chi connectivity index (χ0v) is 14.8. The van der Waals surface area contributed by atoms with Gasteiger partial charge in [0.1, 0.15) is 5.82 Å². The maximum Gasteiger partial charge on any atom is 0.222 e. The van der Waals surface area contributed by atoms with Gasteiger partial charge in [-0.15, -0.1) is 0 Å². The molecule has 3 aromatic rings. The van der Waals surface area contributed by atoms with Crippen LogP contribution in [0.1, 0.15) is 30.1 Å². The smallest absolute Gasteiger partial charge is 0.222 e. The summed E-state index contributed by atoms with van der Waals surface area (Å²) in [6.45, 7) is 0.653. The Morgan fingerprint density at radius 3 is 2.65 bits per heavy atom. The Labute approximate surface area is 152 Å². The van der Waals surface area contributed by atoms with Crippen molar-refractivity contribution in [3.05, 3.63) is 53.9 Å². The molecule has 7 heteroatoms. The molecule has 26 heavy (non-hydrogen) atoms. The maximum atomic E-state index is 5.92. The van der Waals surface area contributed by atoms with Gasteiger partial charge in [-0.2, -0.15) is 10.1 Å². The van der Waals surface area contributed by atoms with Gasteiger partial charge in [0.2, 0.25) is 5.95 Å². The van der Waals surface area contributed by atoms with E-state index in [4.69, 9.17) is 11.5 Å². The highest BCUT2D eigenvalue weighted by molar-refractivity contribution is 5.59. The second-order valence-electron chi connectivity index (χ2n) is 6.94. The van der Waals surface area contributed by atoms with E-state index in [0.717, 1.165) is 41.3 Å². The van der Waals surface area contributed by atoms with Crippen LogP contribution in [0.5, 0.6) is 0 Å². The second-order valence-corrected chi connectivity index (χ2v) is 6.94. The van der Waals surface area contributed by atoms with Crippen LogP contribution in [0.15, 0.2) is 42.5 Å². The lowest BCUT2D eigenvalue weighted by molar-refractivity contribution is 0.345. The number of nitrogens with zero attached hydrogens (tertiary/aromatic N) is 4. The highest BCUT2D eigenvalue weighted by Crippen LogP contribution is 2.35. The van der Waals surface area contributed by atoms with E-state index in [1.54, 1.807) is 0 Å². The first kappa shape index (κ1) is 16.5. The standard InChI is InChI=1S/C19H23N7/c1-26(11-15-9-17(25-24-15)12-5-3-2-4-6-12)18-10-16(22-19(21)23-18)13-7-14(20)8-13/h2-6,9-10,13-14H,7-8,11,20H2,1H3,(H,24,25)(H2,21,22,23). The highest BCUT2D eigenvalue weighted by Gasteiger charge is 2.29. The molecule has 1 fully saturated rings. The molecule has 0 bridgehead atoms. The van der Waals surface area contributed by atoms with E-state index in [1.807, 2.05) is 48.3 Å². The topological polar surface area (TPSA) is 110 Å². The monoisotopic (exact) mass is 349 g/mol. The molecular weight excluding hydrogens is 326 g/mol. The molecule has 0 unspecified atom stereocenters. The van der Waals surface area contributed by atoms with Crippen LogP contribution in [0.25, 0.3) is 11.3 Å². The van der Waals surface area contributed by atoms with Crippen molar-refractivity contribution in [3.8, 4) is 11.3 Å². The van der Waals surface area contributed by atoms with Gasteiger partial charge in [0.15, 0.2) is 0 Å². The number of hydrogen-bond acceptors (Lipinski definition) is 6. The first-order chi connectivity index (χ1) is 12.6. The van der Waals surface area contributed by atoms with Crippen molar-refractivity contribution < 1.29 is 0 Å². The van der Waals surface area contributed by atoms with Crippen molar-refractivity contribution in [2.45, 2.75) is 31.3 Å². The molecular formula is C19H23N7. The fourth-order valence-corrected chi connectivity index (χ4v) is 3.32. The summed E-state index contributed by atoms with van der Waals surface area (Å²) in [4.78, 5) is 10.8. The van der Waals surface area contributed by atoms with Crippen molar-refractivity contribution in [1.29, 1.82) is 0 Å². The third-order valence-corrected chi connectivity index (χ3v) is 4.84. The lowest BCUT2D eigenvalue weighted by Gasteiger charge is -2.32. The molecule has 0 spiro atoms. The summed E-state index contributed by atoms with van der Waals surface area (Å²) in [6.07, 6.45) is 1.92. The molecule has 7 nitrogen and oxygen atoms in total. The zero-order chi connectivity index (χ0) is 18.1. The predicted molar refractivity (Wildman–Crippen MR) is 103 cm³/mol. The first-order valence-electron chi connectivity index (χ1n) is 8.79. The van der Waals surface area contributed by atoms with E-state index in [1.165, 1.54) is 0 Å². The SMILES string of the molecule is CN(Cc1cc(-c2ccccc2)n[nH]1)c1cc(C2CC(N)C2)nc(N)n1. The molecule has 0 radical (unpaired) electrons. The van der Waals surface area contributed by atoms with Gasteiger partial charge in [-0.3, -0.25) is 5.10 Å². The van der Waals surface area contributed by atoms with Crippen molar-refractivity contribution in [1.82, 2.24) is 20.2 Å². The molecule has 0 aliphatic heterocycles. The summed E-state index contributed by atoms with van der Waals surface area (Å²) in [6, 6.07) is 14.5. The number of nitrogens with two attached hydrogens (primary N) is 2. The van der Waals surface area contributed by atoms with Gasteiger partial charge >= 0.3 is 0 Å². The van der Waals surface area contributed by atoms with Gasteiger partial charge in [-0.25, -0.2) is 4.98 Å². The van der Waals surface area contributed by atoms with E-state index in [9.17, 15) is 0 Å². The fourth-order valence-electron chi connectivity index (χ4n) is 3.32. The summed E-state index contributed by atoms with van der Waals surface area (Å²) in [5.74, 6) is 1.50. The molecule has 4 rings (SSSR count). The quantitative estimate of drug-likeness (QED) is 0.652. The van der Waals surface area contributed by atoms with E-state index >= 15 is 0 Å². The van der Waals surface area contributed by atoms with Crippen LogP contribution in [0, 0.1) is 0 Å². The number of hydrogen-bond donors (Lipinski definition) is 3. The van der Waals surface area contributed by atoms with Gasteiger partial charge in [0.25, 0.3) is 0 Å². The van der Waals surface area contributed by atoms with Crippen LogP contribution in [0.4, 0.5) is 11.8 Å². The fraction of sp³-hybridized carbons (Fsp3) is 0.316. The van der Waals surface area contributed by atoms with Crippen molar-refractivity contribution in [3.63, 3.8) is 0 Å². The summed E-state index contributed by atoms with van der Waals surface area (Å²) < 4.78 is 0. The summed E-state index contributed by atoms with van der Waals surface area (Å²) >= 11 is 0. The maximum absolute atomic E-state index is 5.92. The Balaban J connectivity index is 1.50. The minimum Gasteiger partial charge on any atom is -0.368 e. The van der Waals surface area contributed by atoms with Gasteiger partial charge < -0.3 is 16.4 Å². The number of benzene rings is 1. The molecule has 0 atom stereocenters. The van der Waals surface area contributed by atoms with Crippen molar-refractivity contribution in [2.75, 3.05) is 17.7 Å². The van der Waals surface area contributed by atoms with E-state index in [2.05, 4.69) is 26.2 Å². The molecule has 2 heterocycles. The number of aromatic nitrogens is 4. The Morgan fingerprint density at radius 2 is 1.92 bits per heavy atom. The van der Waals surface area contributed by atoms with E-state index in [-0.39, 0.29) is 6.04 Å². The van der Waals surface area contributed by atoms with Crippen LogP contribution in [0.2, 0.25) is 0 Å². The van der Waals surface area contributed by atoms with Crippen LogP contribution in [0.3, 0.4) is 0 Å². The molecule has 0 amide bonds. The average molecular weight is 349 g/mol. The van der Waals surface area contributed by atoms with Crippen molar-refractivity contribution in [2.24, 2.45) is 5.73 Å². The predicted octanol–water partition coefficient (Wildman–Crippen LogP) is 2.29. The summed E-state index contributed by atoms with van der Waals surface area (Å²) in [7, 11) is 1.99. The number of nitrogen functional groups attached to an aromatic ring is 1. The largest absolute Gasteiger partial charge is 0.368 e. The van der Waals surface area contributed by atoms with E-state index in [0.29, 0.717) is 18.4 Å². The molecule has 0 saturated heterocycles. The van der Waals surface area contributed by atoms with E-state index < -0.39 is 0 Å². The third-order valence-electron chi connectivity index (χ3n) is 4.84. The summed E-state index contributed by atoms with van der Waals surface area (Å²) in [5.41, 5.74) is 15.8. The van der Waals surface area contributed by atoms with Crippen LogP contribution < -0.4 is 16.4 Å². The Hall–Kier alpha value is -2.93. The minimum atomic E-state index is 0.277. The summed E-state index contributed by atoms with van der Waals surface area (Å²) in [5, 5.41) is 7.51. The van der Waals surface area contributed by atoms with Gasteiger partial charge in [-0.1, -0.05) is 30.3 Å². The molecule has 2 aromatic heterocycles. The Kier molecular flexibility index (Phi) is 4.30.